The molecule has 3 aliphatic rings. The Kier molecular flexibility index (Phi) is 5.33. The van der Waals surface area contributed by atoms with Crippen molar-refractivity contribution in [2.45, 2.75) is 25.8 Å². The number of carbonyl (C=O) groups is 3. The predicted octanol–water partition coefficient (Wildman–Crippen LogP) is 1.53. The topological polar surface area (TPSA) is 60.9 Å². The molecular weight excluding hydrogens is 387 g/mol. The molecule has 1 aromatic rings. The van der Waals surface area contributed by atoms with Crippen molar-refractivity contribution < 1.29 is 27.6 Å². The second-order valence-corrected chi connectivity index (χ2v) is 7.93. The third kappa shape index (κ3) is 3.75. The Morgan fingerprint density at radius 2 is 1.55 bits per heavy atom. The second-order valence-electron chi connectivity index (χ2n) is 7.93. The van der Waals surface area contributed by atoms with E-state index < -0.39 is 29.3 Å². The SMILES string of the molecule is O=C1CCCN1CCCN1C(=O)[C@H]2CN(Cc3cc(F)c(F)cc3F)C[C@H]2C1=O. The van der Waals surface area contributed by atoms with Gasteiger partial charge in [0.05, 0.1) is 11.8 Å². The van der Waals surface area contributed by atoms with Gasteiger partial charge in [-0.1, -0.05) is 0 Å². The summed E-state index contributed by atoms with van der Waals surface area (Å²) in [5.41, 5.74) is -0.00379. The van der Waals surface area contributed by atoms with Crippen LogP contribution >= 0.6 is 0 Å². The number of rotatable bonds is 6. The summed E-state index contributed by atoms with van der Waals surface area (Å²) >= 11 is 0. The van der Waals surface area contributed by atoms with Crippen molar-refractivity contribution in [3.63, 3.8) is 0 Å². The number of imide groups is 1. The average Bonchev–Trinajstić information content (AvgIpc) is 3.33. The Labute approximate surface area is 166 Å². The molecule has 0 aliphatic carbocycles. The van der Waals surface area contributed by atoms with Gasteiger partial charge in [0.15, 0.2) is 11.6 Å². The van der Waals surface area contributed by atoms with Crippen LogP contribution in [-0.2, 0) is 20.9 Å². The van der Waals surface area contributed by atoms with E-state index in [9.17, 15) is 27.6 Å². The fraction of sp³-hybridized carbons (Fsp3) is 0.550. The Morgan fingerprint density at radius 3 is 2.17 bits per heavy atom. The number of benzene rings is 1. The van der Waals surface area contributed by atoms with E-state index in [1.54, 1.807) is 9.80 Å². The van der Waals surface area contributed by atoms with Gasteiger partial charge in [-0.25, -0.2) is 13.2 Å². The Hall–Kier alpha value is -2.42. The van der Waals surface area contributed by atoms with E-state index in [1.807, 2.05) is 0 Å². The molecule has 0 radical (unpaired) electrons. The minimum atomic E-state index is -1.25. The van der Waals surface area contributed by atoms with Crippen LogP contribution in [0.2, 0.25) is 0 Å². The lowest BCUT2D eigenvalue weighted by Gasteiger charge is -2.22. The summed E-state index contributed by atoms with van der Waals surface area (Å²) in [5, 5.41) is 0. The van der Waals surface area contributed by atoms with Gasteiger partial charge >= 0.3 is 0 Å². The van der Waals surface area contributed by atoms with Crippen LogP contribution in [0.4, 0.5) is 13.2 Å². The second kappa shape index (κ2) is 7.78. The number of hydrogen-bond acceptors (Lipinski definition) is 4. The van der Waals surface area contributed by atoms with Crippen LogP contribution < -0.4 is 0 Å². The molecule has 4 rings (SSSR count). The quantitative estimate of drug-likeness (QED) is 0.528. The summed E-state index contributed by atoms with van der Waals surface area (Å²) in [6.07, 6.45) is 1.95. The molecule has 0 spiro atoms. The molecule has 0 bridgehead atoms. The predicted molar refractivity (Wildman–Crippen MR) is 95.7 cm³/mol. The summed E-state index contributed by atoms with van der Waals surface area (Å²) in [6.45, 7) is 2.09. The van der Waals surface area contributed by atoms with Crippen LogP contribution in [0.1, 0.15) is 24.8 Å². The van der Waals surface area contributed by atoms with E-state index in [0.29, 0.717) is 25.5 Å². The summed E-state index contributed by atoms with van der Waals surface area (Å²) in [5.74, 6) is -4.61. The molecule has 0 aromatic heterocycles. The first-order chi connectivity index (χ1) is 13.8. The van der Waals surface area contributed by atoms with Gasteiger partial charge in [0, 0.05) is 57.3 Å². The number of halogens is 3. The molecule has 3 heterocycles. The molecule has 3 aliphatic heterocycles. The fourth-order valence-corrected chi connectivity index (χ4v) is 4.53. The highest BCUT2D eigenvalue weighted by atomic mass is 19.2. The third-order valence-electron chi connectivity index (χ3n) is 6.03. The van der Waals surface area contributed by atoms with Gasteiger partial charge in [0.25, 0.3) is 0 Å². The van der Waals surface area contributed by atoms with Gasteiger partial charge in [0.1, 0.15) is 5.82 Å². The van der Waals surface area contributed by atoms with E-state index in [0.717, 1.165) is 19.0 Å². The Morgan fingerprint density at radius 1 is 0.897 bits per heavy atom. The van der Waals surface area contributed by atoms with Gasteiger partial charge < -0.3 is 4.90 Å². The fourth-order valence-electron chi connectivity index (χ4n) is 4.53. The first-order valence-corrected chi connectivity index (χ1v) is 9.84. The van der Waals surface area contributed by atoms with E-state index in [1.165, 1.54) is 4.90 Å². The smallest absolute Gasteiger partial charge is 0.234 e. The summed E-state index contributed by atoms with van der Waals surface area (Å²) < 4.78 is 40.4. The van der Waals surface area contributed by atoms with Gasteiger partial charge in [-0.3, -0.25) is 24.2 Å². The summed E-state index contributed by atoms with van der Waals surface area (Å²) in [7, 11) is 0. The van der Waals surface area contributed by atoms with Crippen molar-refractivity contribution >= 4 is 17.7 Å². The van der Waals surface area contributed by atoms with Crippen LogP contribution in [-0.4, -0.2) is 65.1 Å². The first-order valence-electron chi connectivity index (χ1n) is 9.84. The normalized spacial score (nSPS) is 24.9. The van der Waals surface area contributed by atoms with E-state index >= 15 is 0 Å². The maximum atomic E-state index is 13.9. The van der Waals surface area contributed by atoms with E-state index in [4.69, 9.17) is 0 Å². The largest absolute Gasteiger partial charge is 0.343 e. The van der Waals surface area contributed by atoms with Crippen molar-refractivity contribution in [2.75, 3.05) is 32.7 Å². The molecule has 0 N–H and O–H groups in total. The molecule has 3 amide bonds. The van der Waals surface area contributed by atoms with Crippen LogP contribution in [0.5, 0.6) is 0 Å². The number of fused-ring (bicyclic) bond motifs is 1. The highest BCUT2D eigenvalue weighted by molar-refractivity contribution is 6.05. The molecule has 0 unspecified atom stereocenters. The molecule has 9 heteroatoms. The number of hydrogen-bond donors (Lipinski definition) is 0. The molecule has 3 saturated heterocycles. The number of nitrogens with zero attached hydrogens (tertiary/aromatic N) is 3. The third-order valence-corrected chi connectivity index (χ3v) is 6.03. The minimum Gasteiger partial charge on any atom is -0.343 e. The van der Waals surface area contributed by atoms with Crippen molar-refractivity contribution in [1.29, 1.82) is 0 Å². The van der Waals surface area contributed by atoms with Gasteiger partial charge in [-0.05, 0) is 18.9 Å². The zero-order chi connectivity index (χ0) is 20.7. The standard InChI is InChI=1S/C20H22F3N3O3/c21-15-8-17(23)16(22)7-12(15)9-24-10-13-14(11-24)20(29)26(19(13)28)6-2-5-25-4-1-3-18(25)27/h7-8,13-14H,1-6,9-11H2/t13-,14+. The minimum absolute atomic E-state index is 0.00379. The van der Waals surface area contributed by atoms with Gasteiger partial charge in [0.2, 0.25) is 17.7 Å². The zero-order valence-corrected chi connectivity index (χ0v) is 15.9. The van der Waals surface area contributed by atoms with Crippen LogP contribution in [0.3, 0.4) is 0 Å². The van der Waals surface area contributed by atoms with E-state index in [2.05, 4.69) is 0 Å². The van der Waals surface area contributed by atoms with Crippen molar-refractivity contribution in [3.05, 3.63) is 35.1 Å². The van der Waals surface area contributed by atoms with Crippen molar-refractivity contribution in [1.82, 2.24) is 14.7 Å². The molecular formula is C20H22F3N3O3. The molecule has 6 nitrogen and oxygen atoms in total. The molecule has 1 aromatic carbocycles. The molecule has 29 heavy (non-hydrogen) atoms. The lowest BCUT2D eigenvalue weighted by atomic mass is 10.00. The number of likely N-dealkylation sites (tertiary alicyclic amines) is 3. The number of carbonyl (C=O) groups excluding carboxylic acids is 3. The van der Waals surface area contributed by atoms with Crippen molar-refractivity contribution in [3.8, 4) is 0 Å². The Bertz CT molecular complexity index is 839. The van der Waals surface area contributed by atoms with E-state index in [-0.39, 0.29) is 49.5 Å². The monoisotopic (exact) mass is 409 g/mol. The highest BCUT2D eigenvalue weighted by Crippen LogP contribution is 2.34. The molecule has 156 valence electrons. The van der Waals surface area contributed by atoms with Gasteiger partial charge in [-0.15, -0.1) is 0 Å². The van der Waals surface area contributed by atoms with Crippen molar-refractivity contribution in [2.24, 2.45) is 11.8 Å². The van der Waals surface area contributed by atoms with Crippen LogP contribution in [0.25, 0.3) is 0 Å². The Balaban J connectivity index is 1.33. The maximum Gasteiger partial charge on any atom is 0.234 e. The average molecular weight is 409 g/mol. The number of amides is 3. The molecule has 0 saturated carbocycles. The lowest BCUT2D eigenvalue weighted by Crippen LogP contribution is -2.38. The van der Waals surface area contributed by atoms with Crippen LogP contribution in [0, 0.1) is 29.3 Å². The summed E-state index contributed by atoms with van der Waals surface area (Å²) in [4.78, 5) is 41.7. The molecule has 3 fully saturated rings. The first kappa shape index (κ1) is 19.9. The highest BCUT2D eigenvalue weighted by Gasteiger charge is 2.52. The molecule has 2 atom stereocenters. The van der Waals surface area contributed by atoms with Crippen LogP contribution in [0.15, 0.2) is 12.1 Å². The van der Waals surface area contributed by atoms with Gasteiger partial charge in [-0.2, -0.15) is 0 Å². The summed E-state index contributed by atoms with van der Waals surface area (Å²) in [6, 6.07) is 1.32. The lowest BCUT2D eigenvalue weighted by molar-refractivity contribution is -0.140. The zero-order valence-electron chi connectivity index (χ0n) is 15.9. The maximum absolute atomic E-state index is 13.9.